The minimum Gasteiger partial charge on any atom is -0.397 e. The zero-order valence-corrected chi connectivity index (χ0v) is 11.2. The van der Waals surface area contributed by atoms with E-state index >= 15 is 0 Å². The summed E-state index contributed by atoms with van der Waals surface area (Å²) in [4.78, 5) is 12.0. The van der Waals surface area contributed by atoms with Crippen LogP contribution in [-0.2, 0) is 7.05 Å². The van der Waals surface area contributed by atoms with E-state index in [1.165, 1.54) is 0 Å². The molecule has 96 valence electrons. The first-order chi connectivity index (χ1) is 7.93. The van der Waals surface area contributed by atoms with Gasteiger partial charge in [0.25, 0.3) is 5.91 Å². The predicted molar refractivity (Wildman–Crippen MR) is 70.8 cm³/mol. The Morgan fingerprint density at radius 3 is 2.65 bits per heavy atom. The summed E-state index contributed by atoms with van der Waals surface area (Å²) in [5, 5.41) is 3.00. The van der Waals surface area contributed by atoms with E-state index < -0.39 is 0 Å². The highest BCUT2D eigenvalue weighted by molar-refractivity contribution is 5.93. The number of anilines is 1. The summed E-state index contributed by atoms with van der Waals surface area (Å²) in [5.74, 6) is 0.573. The van der Waals surface area contributed by atoms with Crippen molar-refractivity contribution in [3.8, 4) is 0 Å². The van der Waals surface area contributed by atoms with E-state index in [-0.39, 0.29) is 11.9 Å². The molecule has 0 fully saturated rings. The molecule has 0 aliphatic rings. The Morgan fingerprint density at radius 2 is 2.18 bits per heavy atom. The molecule has 1 amide bonds. The van der Waals surface area contributed by atoms with Crippen molar-refractivity contribution in [2.45, 2.75) is 39.7 Å². The smallest absolute Gasteiger partial charge is 0.268 e. The lowest BCUT2D eigenvalue weighted by Gasteiger charge is -2.17. The molecule has 0 aromatic carbocycles. The third kappa shape index (κ3) is 3.80. The molecule has 4 nitrogen and oxygen atoms in total. The number of nitrogens with zero attached hydrogens (tertiary/aromatic N) is 1. The van der Waals surface area contributed by atoms with Gasteiger partial charge in [0.1, 0.15) is 5.69 Å². The van der Waals surface area contributed by atoms with E-state index in [0.717, 1.165) is 12.8 Å². The summed E-state index contributed by atoms with van der Waals surface area (Å²) >= 11 is 0. The van der Waals surface area contributed by atoms with Crippen molar-refractivity contribution in [1.82, 2.24) is 9.88 Å². The molecule has 1 heterocycles. The lowest BCUT2D eigenvalue weighted by Crippen LogP contribution is -2.34. The van der Waals surface area contributed by atoms with Crippen LogP contribution in [0.5, 0.6) is 0 Å². The second-order valence-electron chi connectivity index (χ2n) is 4.89. The number of amides is 1. The number of carbonyl (C=O) groups excluding carboxylic acids is 1. The minimum absolute atomic E-state index is 0.0556. The molecule has 0 saturated carbocycles. The first-order valence-electron chi connectivity index (χ1n) is 6.16. The van der Waals surface area contributed by atoms with Crippen LogP contribution < -0.4 is 11.1 Å². The summed E-state index contributed by atoms with van der Waals surface area (Å²) in [5.41, 5.74) is 6.88. The highest BCUT2D eigenvalue weighted by Gasteiger charge is 2.14. The van der Waals surface area contributed by atoms with E-state index in [1.54, 1.807) is 16.8 Å². The van der Waals surface area contributed by atoms with Gasteiger partial charge in [-0.3, -0.25) is 4.79 Å². The molecule has 1 aromatic heterocycles. The molecule has 0 spiro atoms. The molecule has 3 N–H and O–H groups in total. The maximum absolute atomic E-state index is 12.0. The number of aromatic nitrogens is 1. The van der Waals surface area contributed by atoms with Crippen LogP contribution in [-0.4, -0.2) is 16.5 Å². The van der Waals surface area contributed by atoms with E-state index in [9.17, 15) is 4.79 Å². The Labute approximate surface area is 103 Å². The zero-order chi connectivity index (χ0) is 13.0. The normalized spacial score (nSPS) is 14.4. The van der Waals surface area contributed by atoms with E-state index in [4.69, 9.17) is 5.73 Å². The highest BCUT2D eigenvalue weighted by atomic mass is 16.2. The molecular formula is C13H23N3O. The lowest BCUT2D eigenvalue weighted by molar-refractivity contribution is 0.0927. The molecule has 1 aromatic rings. The molecule has 4 heteroatoms. The predicted octanol–water partition coefficient (Wildman–Crippen LogP) is 2.16. The van der Waals surface area contributed by atoms with E-state index in [0.29, 0.717) is 17.3 Å². The van der Waals surface area contributed by atoms with Gasteiger partial charge in [0, 0.05) is 19.3 Å². The molecule has 17 heavy (non-hydrogen) atoms. The largest absolute Gasteiger partial charge is 0.397 e. The Bertz CT molecular complexity index is 384. The number of aryl methyl sites for hydroxylation is 1. The fraction of sp³-hybridized carbons (Fsp3) is 0.615. The Kier molecular flexibility index (Phi) is 4.61. The summed E-state index contributed by atoms with van der Waals surface area (Å²) < 4.78 is 1.75. The van der Waals surface area contributed by atoms with Gasteiger partial charge in [-0.05, 0) is 25.3 Å². The number of nitrogens with two attached hydrogens (primary N) is 1. The van der Waals surface area contributed by atoms with Crippen LogP contribution >= 0.6 is 0 Å². The molecule has 0 bridgehead atoms. The van der Waals surface area contributed by atoms with Crippen molar-refractivity contribution in [3.05, 3.63) is 18.0 Å². The van der Waals surface area contributed by atoms with Crippen molar-refractivity contribution in [2.24, 2.45) is 13.0 Å². The van der Waals surface area contributed by atoms with Crippen LogP contribution in [0.2, 0.25) is 0 Å². The van der Waals surface area contributed by atoms with Gasteiger partial charge < -0.3 is 15.6 Å². The Balaban J connectivity index is 2.57. The first kappa shape index (κ1) is 13.6. The van der Waals surface area contributed by atoms with Crippen LogP contribution in [0.1, 0.15) is 44.1 Å². The maximum Gasteiger partial charge on any atom is 0.268 e. The van der Waals surface area contributed by atoms with E-state index in [2.05, 4.69) is 19.2 Å². The Morgan fingerprint density at radius 1 is 1.53 bits per heavy atom. The van der Waals surface area contributed by atoms with Gasteiger partial charge >= 0.3 is 0 Å². The zero-order valence-electron chi connectivity index (χ0n) is 11.2. The second kappa shape index (κ2) is 5.75. The third-order valence-corrected chi connectivity index (χ3v) is 3.09. The minimum atomic E-state index is -0.0556. The number of nitrogens with one attached hydrogen (secondary N) is 1. The van der Waals surface area contributed by atoms with Gasteiger partial charge in [0.2, 0.25) is 0 Å². The van der Waals surface area contributed by atoms with Crippen LogP contribution in [0.15, 0.2) is 12.3 Å². The first-order valence-corrected chi connectivity index (χ1v) is 6.16. The van der Waals surface area contributed by atoms with Crippen molar-refractivity contribution < 1.29 is 4.79 Å². The van der Waals surface area contributed by atoms with Crippen molar-refractivity contribution >= 4 is 11.6 Å². The number of nitrogen functional groups attached to an aromatic ring is 1. The molecule has 2 atom stereocenters. The van der Waals surface area contributed by atoms with Gasteiger partial charge in [0.15, 0.2) is 0 Å². The lowest BCUT2D eigenvalue weighted by atomic mass is 10.0. The average Bonchev–Trinajstić information content (AvgIpc) is 2.57. The van der Waals surface area contributed by atoms with Crippen LogP contribution in [0.3, 0.4) is 0 Å². The highest BCUT2D eigenvalue weighted by Crippen LogP contribution is 2.12. The average molecular weight is 237 g/mol. The second-order valence-corrected chi connectivity index (χ2v) is 4.89. The monoisotopic (exact) mass is 237 g/mol. The molecular weight excluding hydrogens is 214 g/mol. The van der Waals surface area contributed by atoms with Crippen LogP contribution in [0.25, 0.3) is 0 Å². The van der Waals surface area contributed by atoms with Crippen molar-refractivity contribution in [3.63, 3.8) is 0 Å². The van der Waals surface area contributed by atoms with Gasteiger partial charge in [-0.2, -0.15) is 0 Å². The standard InChI is InChI=1S/C13H23N3O/c1-5-9(2)6-10(3)15-13(17)12-7-11(14)8-16(12)4/h7-10H,5-6,14H2,1-4H3,(H,15,17). The van der Waals surface area contributed by atoms with Crippen LogP contribution in [0.4, 0.5) is 5.69 Å². The SMILES string of the molecule is CCC(C)CC(C)NC(=O)c1cc(N)cn1C. The topological polar surface area (TPSA) is 60.1 Å². The van der Waals surface area contributed by atoms with Gasteiger partial charge in [-0.25, -0.2) is 0 Å². The van der Waals surface area contributed by atoms with Crippen LogP contribution in [0, 0.1) is 5.92 Å². The van der Waals surface area contributed by atoms with Gasteiger partial charge in [-0.15, -0.1) is 0 Å². The molecule has 1 rings (SSSR count). The third-order valence-electron chi connectivity index (χ3n) is 3.09. The number of hydrogen-bond acceptors (Lipinski definition) is 2. The Hall–Kier alpha value is -1.45. The van der Waals surface area contributed by atoms with Crippen molar-refractivity contribution in [1.29, 1.82) is 0 Å². The summed E-state index contributed by atoms with van der Waals surface area (Å²) in [7, 11) is 1.82. The molecule has 0 radical (unpaired) electrons. The summed E-state index contributed by atoms with van der Waals surface area (Å²) in [6.45, 7) is 6.40. The number of hydrogen-bond donors (Lipinski definition) is 2. The van der Waals surface area contributed by atoms with Gasteiger partial charge in [-0.1, -0.05) is 20.3 Å². The number of carbonyl (C=O) groups is 1. The molecule has 0 aliphatic heterocycles. The summed E-state index contributed by atoms with van der Waals surface area (Å²) in [6.07, 6.45) is 3.88. The molecule has 0 aliphatic carbocycles. The quantitative estimate of drug-likeness (QED) is 0.824. The maximum atomic E-state index is 12.0. The van der Waals surface area contributed by atoms with Crippen molar-refractivity contribution in [2.75, 3.05) is 5.73 Å². The molecule has 2 unspecified atom stereocenters. The fourth-order valence-electron chi connectivity index (χ4n) is 1.94. The van der Waals surface area contributed by atoms with Gasteiger partial charge in [0.05, 0.1) is 5.69 Å². The van der Waals surface area contributed by atoms with E-state index in [1.807, 2.05) is 14.0 Å². The fourth-order valence-corrected chi connectivity index (χ4v) is 1.94. The number of rotatable bonds is 5. The molecule has 0 saturated heterocycles. The summed E-state index contributed by atoms with van der Waals surface area (Å²) in [6, 6.07) is 1.89.